The molecule has 0 bridgehead atoms. The largest absolute Gasteiger partial charge is 0.493 e. The number of nitrogens with zero attached hydrogens (tertiary/aromatic N) is 5. The third-order valence-electron chi connectivity index (χ3n) is 10.6. The summed E-state index contributed by atoms with van der Waals surface area (Å²) in [6.07, 6.45) is 7.72. The average molecular weight is 747 g/mol. The molecule has 2 aliphatic rings. The summed E-state index contributed by atoms with van der Waals surface area (Å²) in [4.78, 5) is 8.89. The quantitative estimate of drug-likeness (QED) is 0.104. The predicted molar refractivity (Wildman–Crippen MR) is 209 cm³/mol. The number of benzene rings is 3. The third kappa shape index (κ3) is 9.05. The van der Waals surface area contributed by atoms with Gasteiger partial charge in [0.1, 0.15) is 36.5 Å². The van der Waals surface area contributed by atoms with E-state index in [2.05, 4.69) is 69.2 Å². The molecule has 11 heteroatoms. The number of aliphatic hydroxyl groups excluding tert-OH is 1. The monoisotopic (exact) mass is 746 g/mol. The van der Waals surface area contributed by atoms with Gasteiger partial charge < -0.3 is 24.2 Å². The Morgan fingerprint density at radius 2 is 1.69 bits per heavy atom. The van der Waals surface area contributed by atoms with Crippen molar-refractivity contribution in [2.75, 3.05) is 39.3 Å². The Kier molecular flexibility index (Phi) is 12.1. The maximum Gasteiger partial charge on any atom is 0.142 e. The van der Waals surface area contributed by atoms with Crippen LogP contribution in [0.15, 0.2) is 79.3 Å². The Balaban J connectivity index is 1.05. The van der Waals surface area contributed by atoms with Crippen LogP contribution in [0.25, 0.3) is 11.1 Å². The van der Waals surface area contributed by atoms with Crippen molar-refractivity contribution >= 4 is 11.6 Å². The van der Waals surface area contributed by atoms with E-state index in [4.69, 9.17) is 25.8 Å². The zero-order chi connectivity index (χ0) is 37.4. The van der Waals surface area contributed by atoms with Gasteiger partial charge in [-0.3, -0.25) is 15.0 Å². The van der Waals surface area contributed by atoms with E-state index in [1.54, 1.807) is 18.5 Å². The van der Waals surface area contributed by atoms with Crippen molar-refractivity contribution in [1.29, 1.82) is 5.26 Å². The number of rotatable bonds is 15. The first-order valence-electron chi connectivity index (χ1n) is 18.7. The van der Waals surface area contributed by atoms with Crippen LogP contribution in [0.4, 0.5) is 0 Å². The van der Waals surface area contributed by atoms with Gasteiger partial charge in [-0.2, -0.15) is 10.4 Å². The predicted octanol–water partition coefficient (Wildman–Crippen LogP) is 7.60. The minimum atomic E-state index is -0.200. The molecule has 5 aromatic rings. The highest BCUT2D eigenvalue weighted by molar-refractivity contribution is 6.32. The van der Waals surface area contributed by atoms with Crippen LogP contribution in [0.5, 0.6) is 17.2 Å². The van der Waals surface area contributed by atoms with Gasteiger partial charge in [-0.05, 0) is 91.7 Å². The maximum absolute atomic E-state index is 9.81. The Labute approximate surface area is 322 Å². The number of likely N-dealkylation sites (tertiary alicyclic amines) is 2. The summed E-state index contributed by atoms with van der Waals surface area (Å²) in [5.41, 5.74) is 8.86. The molecule has 280 valence electrons. The van der Waals surface area contributed by atoms with Crippen LogP contribution in [0.3, 0.4) is 0 Å². The molecule has 0 aliphatic carbocycles. The van der Waals surface area contributed by atoms with Gasteiger partial charge in [0.25, 0.3) is 0 Å². The molecule has 2 fully saturated rings. The standard InChI is InChI=1S/C43H47ClN6O4/c1-29-34(6-3-7-37(29)38-8-4-9-41(30(38)2)52-17-5-14-49-16-12-36(51)26-49)28-54-43-20-42(53-27-32-18-31(21-45)22-46-23-32)35(19-39(43)44)25-50-15-11-33(24-50)40-10-13-47-48-40/h3-4,6-10,13,18-20,22-23,33,36,51H,5,11-12,14-17,24-28H2,1-2H3,(H,47,48). The lowest BCUT2D eigenvalue weighted by atomic mass is 9.93. The number of ether oxygens (including phenoxy) is 3. The maximum atomic E-state index is 9.81. The number of pyridine rings is 1. The topological polar surface area (TPSA) is 120 Å². The highest BCUT2D eigenvalue weighted by Crippen LogP contribution is 2.38. The molecule has 2 saturated heterocycles. The first-order chi connectivity index (χ1) is 26.3. The summed E-state index contributed by atoms with van der Waals surface area (Å²) in [5.74, 6) is 2.47. The molecule has 10 nitrogen and oxygen atoms in total. The number of hydrogen-bond acceptors (Lipinski definition) is 9. The van der Waals surface area contributed by atoms with E-state index in [1.807, 2.05) is 36.5 Å². The van der Waals surface area contributed by atoms with Crippen molar-refractivity contribution in [2.24, 2.45) is 0 Å². The van der Waals surface area contributed by atoms with E-state index in [1.165, 1.54) is 0 Å². The van der Waals surface area contributed by atoms with Gasteiger partial charge in [0.15, 0.2) is 0 Å². The van der Waals surface area contributed by atoms with Crippen LogP contribution in [-0.2, 0) is 19.8 Å². The molecule has 7 rings (SSSR count). The lowest BCUT2D eigenvalue weighted by molar-refractivity contribution is 0.173. The summed E-state index contributed by atoms with van der Waals surface area (Å²) in [6.45, 7) is 10.6. The summed E-state index contributed by atoms with van der Waals surface area (Å²) < 4.78 is 19.1. The zero-order valence-electron chi connectivity index (χ0n) is 30.9. The number of hydrogen-bond donors (Lipinski definition) is 2. The van der Waals surface area contributed by atoms with Crippen molar-refractivity contribution in [2.45, 2.75) is 64.9 Å². The number of nitriles is 1. The van der Waals surface area contributed by atoms with E-state index in [-0.39, 0.29) is 12.7 Å². The van der Waals surface area contributed by atoms with Crippen LogP contribution >= 0.6 is 11.6 Å². The number of β-amino-alcohol motifs (C(OH)–C–C–N with tert-alkyl or cyclic N) is 1. The van der Waals surface area contributed by atoms with E-state index in [0.29, 0.717) is 47.8 Å². The molecule has 4 heterocycles. The fraction of sp³-hybridized carbons (Fsp3) is 0.372. The van der Waals surface area contributed by atoms with E-state index < -0.39 is 0 Å². The molecule has 2 aliphatic heterocycles. The Bertz CT molecular complexity index is 2080. The lowest BCUT2D eigenvalue weighted by Crippen LogP contribution is -2.24. The molecule has 0 amide bonds. The minimum Gasteiger partial charge on any atom is -0.493 e. The highest BCUT2D eigenvalue weighted by atomic mass is 35.5. The van der Waals surface area contributed by atoms with Crippen molar-refractivity contribution in [1.82, 2.24) is 25.0 Å². The minimum absolute atomic E-state index is 0.200. The van der Waals surface area contributed by atoms with Crippen LogP contribution in [0, 0.1) is 25.2 Å². The van der Waals surface area contributed by atoms with Crippen LogP contribution in [0.1, 0.15) is 64.3 Å². The van der Waals surface area contributed by atoms with Crippen LogP contribution < -0.4 is 14.2 Å². The molecule has 0 saturated carbocycles. The first kappa shape index (κ1) is 37.4. The van der Waals surface area contributed by atoms with Crippen molar-refractivity contribution in [3.63, 3.8) is 0 Å². The number of aromatic nitrogens is 3. The molecule has 0 radical (unpaired) electrons. The molecule has 2 N–H and O–H groups in total. The summed E-state index contributed by atoms with van der Waals surface area (Å²) in [7, 11) is 0. The van der Waals surface area contributed by atoms with Gasteiger partial charge in [0, 0.05) is 74.4 Å². The normalized spacial score (nSPS) is 17.5. The van der Waals surface area contributed by atoms with Crippen LogP contribution in [0.2, 0.25) is 5.02 Å². The number of nitrogens with one attached hydrogen (secondary N) is 1. The van der Waals surface area contributed by atoms with Gasteiger partial charge >= 0.3 is 0 Å². The van der Waals surface area contributed by atoms with Gasteiger partial charge in [-0.15, -0.1) is 0 Å². The van der Waals surface area contributed by atoms with Gasteiger partial charge in [-0.25, -0.2) is 0 Å². The van der Waals surface area contributed by atoms with Gasteiger partial charge in [0.2, 0.25) is 0 Å². The summed E-state index contributed by atoms with van der Waals surface area (Å²) >= 11 is 6.93. The Hall–Kier alpha value is -4.92. The molecule has 2 unspecified atom stereocenters. The highest BCUT2D eigenvalue weighted by Gasteiger charge is 2.27. The zero-order valence-corrected chi connectivity index (χ0v) is 31.7. The van der Waals surface area contributed by atoms with Gasteiger partial charge in [0.05, 0.1) is 29.0 Å². The number of aliphatic hydroxyl groups is 1. The van der Waals surface area contributed by atoms with E-state index in [0.717, 1.165) is 102 Å². The Morgan fingerprint density at radius 3 is 2.48 bits per heavy atom. The molecule has 0 spiro atoms. The number of aromatic amines is 1. The molecular formula is C43H47ClN6O4. The molecule has 54 heavy (non-hydrogen) atoms. The van der Waals surface area contributed by atoms with Crippen molar-refractivity contribution in [3.05, 3.63) is 123 Å². The van der Waals surface area contributed by atoms with Crippen molar-refractivity contribution in [3.8, 4) is 34.4 Å². The molecule has 3 aromatic carbocycles. The fourth-order valence-electron chi connectivity index (χ4n) is 7.53. The second-order valence-corrected chi connectivity index (χ2v) is 14.8. The van der Waals surface area contributed by atoms with Crippen molar-refractivity contribution < 1.29 is 19.3 Å². The summed E-state index contributed by atoms with van der Waals surface area (Å²) in [5, 5.41) is 27.1. The molecule has 2 atom stereocenters. The summed E-state index contributed by atoms with van der Waals surface area (Å²) in [6, 6.07) is 22.3. The average Bonchev–Trinajstić information content (AvgIpc) is 3.97. The van der Waals surface area contributed by atoms with Crippen LogP contribution in [-0.4, -0.2) is 75.5 Å². The fourth-order valence-corrected chi connectivity index (χ4v) is 7.77. The van der Waals surface area contributed by atoms with E-state index >= 15 is 0 Å². The molecular weight excluding hydrogens is 700 g/mol. The SMILES string of the molecule is Cc1c(COc2cc(OCc3cncc(C#N)c3)c(CN3CCC(c4cc[nH]n4)C3)cc2Cl)cccc1-c1cccc(OCCCN2CCC(O)C2)c1C. The number of H-pyrrole nitrogens is 1. The Morgan fingerprint density at radius 1 is 0.870 bits per heavy atom. The van der Waals surface area contributed by atoms with Gasteiger partial charge in [-0.1, -0.05) is 41.9 Å². The smallest absolute Gasteiger partial charge is 0.142 e. The third-order valence-corrected chi connectivity index (χ3v) is 10.9. The lowest BCUT2D eigenvalue weighted by Gasteiger charge is -2.21. The molecule has 2 aromatic heterocycles. The second kappa shape index (κ2) is 17.5. The first-order valence-corrected chi connectivity index (χ1v) is 19.1. The van der Waals surface area contributed by atoms with E-state index in [9.17, 15) is 10.4 Å². The second-order valence-electron chi connectivity index (χ2n) is 14.3. The number of halogens is 1.